The van der Waals surface area contributed by atoms with Crippen molar-refractivity contribution in [1.29, 1.82) is 0 Å². The number of anilines is 2. The Balaban J connectivity index is 1.51. The van der Waals surface area contributed by atoms with Crippen LogP contribution in [0.1, 0.15) is 21.5 Å². The average Bonchev–Trinajstić information content (AvgIpc) is 2.69. The fraction of sp³-hybridized carbons (Fsp3) is 0.143. The summed E-state index contributed by atoms with van der Waals surface area (Å²) in [5, 5.41) is 3.51. The first-order valence-corrected chi connectivity index (χ1v) is 8.90. The smallest absolute Gasteiger partial charge is 0.257 e. The molecule has 0 atom stereocenters. The molecule has 4 nitrogen and oxygen atoms in total. The van der Waals surface area contributed by atoms with Crippen molar-refractivity contribution < 1.29 is 4.79 Å². The summed E-state index contributed by atoms with van der Waals surface area (Å²) in [5.74, 6) is -0.181. The highest BCUT2D eigenvalue weighted by molar-refractivity contribution is 6.30. The quantitative estimate of drug-likeness (QED) is 0.742. The number of carbonyl (C=O) groups is 1. The molecule has 0 bridgehead atoms. The highest BCUT2D eigenvalue weighted by atomic mass is 35.5. The SMILES string of the molecule is O=C(Nc1ccc(Cl)cc1)c1cncc(N2CCc3ccccc3C2)c1. The molecule has 1 amide bonds. The average molecular weight is 364 g/mol. The number of rotatable bonds is 3. The third-order valence-electron chi connectivity index (χ3n) is 4.58. The van der Waals surface area contributed by atoms with Gasteiger partial charge in [-0.05, 0) is 47.9 Å². The highest BCUT2D eigenvalue weighted by Crippen LogP contribution is 2.24. The van der Waals surface area contributed by atoms with E-state index < -0.39 is 0 Å². The Kier molecular flexibility index (Phi) is 4.59. The van der Waals surface area contributed by atoms with Crippen LogP contribution in [0.3, 0.4) is 0 Å². The minimum absolute atomic E-state index is 0.181. The number of halogens is 1. The molecule has 0 spiro atoms. The van der Waals surface area contributed by atoms with E-state index in [9.17, 15) is 4.79 Å². The number of carbonyl (C=O) groups excluding carboxylic acids is 1. The first kappa shape index (κ1) is 16.6. The van der Waals surface area contributed by atoms with Gasteiger partial charge in [0, 0.05) is 30.0 Å². The molecule has 4 rings (SSSR count). The van der Waals surface area contributed by atoms with Crippen LogP contribution in [0.25, 0.3) is 0 Å². The Bertz CT molecular complexity index is 940. The second-order valence-corrected chi connectivity index (χ2v) is 6.77. The summed E-state index contributed by atoms with van der Waals surface area (Å²) in [6.45, 7) is 1.75. The van der Waals surface area contributed by atoms with Crippen LogP contribution in [0.4, 0.5) is 11.4 Å². The number of hydrogen-bond acceptors (Lipinski definition) is 3. The maximum Gasteiger partial charge on any atom is 0.257 e. The first-order valence-electron chi connectivity index (χ1n) is 8.53. The fourth-order valence-electron chi connectivity index (χ4n) is 3.18. The zero-order valence-corrected chi connectivity index (χ0v) is 14.9. The Labute approximate surface area is 157 Å². The van der Waals surface area contributed by atoms with E-state index in [4.69, 9.17) is 11.6 Å². The number of amides is 1. The molecule has 1 N–H and O–H groups in total. The first-order chi connectivity index (χ1) is 12.7. The molecule has 26 heavy (non-hydrogen) atoms. The third kappa shape index (κ3) is 3.55. The van der Waals surface area contributed by atoms with Gasteiger partial charge >= 0.3 is 0 Å². The van der Waals surface area contributed by atoms with Crippen molar-refractivity contribution in [2.24, 2.45) is 0 Å². The van der Waals surface area contributed by atoms with Crippen molar-refractivity contribution >= 4 is 28.9 Å². The predicted molar refractivity (Wildman–Crippen MR) is 105 cm³/mol. The summed E-state index contributed by atoms with van der Waals surface area (Å²) in [5.41, 5.74) is 4.93. The second kappa shape index (κ2) is 7.18. The summed E-state index contributed by atoms with van der Waals surface area (Å²) in [4.78, 5) is 19.1. The maximum absolute atomic E-state index is 12.5. The van der Waals surface area contributed by atoms with E-state index in [2.05, 4.69) is 39.5 Å². The van der Waals surface area contributed by atoms with Crippen molar-refractivity contribution in [1.82, 2.24) is 4.98 Å². The number of aromatic nitrogens is 1. The second-order valence-electron chi connectivity index (χ2n) is 6.33. The van der Waals surface area contributed by atoms with E-state index in [-0.39, 0.29) is 5.91 Å². The van der Waals surface area contributed by atoms with Gasteiger partial charge in [-0.25, -0.2) is 0 Å². The molecule has 2 heterocycles. The van der Waals surface area contributed by atoms with Crippen molar-refractivity contribution in [2.75, 3.05) is 16.8 Å². The predicted octanol–water partition coefficient (Wildman–Crippen LogP) is 4.55. The molecule has 0 saturated carbocycles. The van der Waals surface area contributed by atoms with Crippen LogP contribution in [0.5, 0.6) is 0 Å². The van der Waals surface area contributed by atoms with E-state index in [0.29, 0.717) is 16.3 Å². The van der Waals surface area contributed by atoms with Gasteiger partial charge in [0.25, 0.3) is 5.91 Å². The molecule has 1 aliphatic heterocycles. The monoisotopic (exact) mass is 363 g/mol. The van der Waals surface area contributed by atoms with Gasteiger partial charge in [0.2, 0.25) is 0 Å². The molecular weight excluding hydrogens is 346 g/mol. The van der Waals surface area contributed by atoms with E-state index in [0.717, 1.165) is 25.2 Å². The van der Waals surface area contributed by atoms with Gasteiger partial charge in [0.1, 0.15) is 0 Å². The van der Waals surface area contributed by atoms with Gasteiger partial charge in [0.15, 0.2) is 0 Å². The number of benzene rings is 2. The summed E-state index contributed by atoms with van der Waals surface area (Å²) < 4.78 is 0. The van der Waals surface area contributed by atoms with Gasteiger partial charge in [-0.1, -0.05) is 35.9 Å². The molecule has 0 aliphatic carbocycles. The number of nitrogens with zero attached hydrogens (tertiary/aromatic N) is 2. The Morgan fingerprint density at radius 3 is 2.62 bits per heavy atom. The van der Waals surface area contributed by atoms with Crippen LogP contribution < -0.4 is 10.2 Å². The van der Waals surface area contributed by atoms with E-state index in [1.54, 1.807) is 30.5 Å². The minimum Gasteiger partial charge on any atom is -0.366 e. The molecule has 0 unspecified atom stereocenters. The summed E-state index contributed by atoms with van der Waals surface area (Å²) in [6.07, 6.45) is 4.40. The molecule has 1 aromatic heterocycles. The fourth-order valence-corrected chi connectivity index (χ4v) is 3.30. The molecular formula is C21H18ClN3O. The molecule has 0 fully saturated rings. The Hall–Kier alpha value is -2.85. The van der Waals surface area contributed by atoms with Crippen LogP contribution in [0.15, 0.2) is 67.0 Å². The van der Waals surface area contributed by atoms with Crippen LogP contribution in [-0.4, -0.2) is 17.4 Å². The number of fused-ring (bicyclic) bond motifs is 1. The minimum atomic E-state index is -0.181. The Morgan fingerprint density at radius 1 is 1.04 bits per heavy atom. The van der Waals surface area contributed by atoms with Crippen LogP contribution in [0, 0.1) is 0 Å². The summed E-state index contributed by atoms with van der Waals surface area (Å²) in [7, 11) is 0. The van der Waals surface area contributed by atoms with Crippen molar-refractivity contribution in [3.63, 3.8) is 0 Å². The number of pyridine rings is 1. The Morgan fingerprint density at radius 2 is 1.81 bits per heavy atom. The number of nitrogens with one attached hydrogen (secondary N) is 1. The molecule has 3 aromatic rings. The lowest BCUT2D eigenvalue weighted by Crippen LogP contribution is -2.30. The van der Waals surface area contributed by atoms with Gasteiger partial charge in [-0.15, -0.1) is 0 Å². The van der Waals surface area contributed by atoms with Crippen LogP contribution >= 0.6 is 11.6 Å². The lowest BCUT2D eigenvalue weighted by Gasteiger charge is -2.30. The van der Waals surface area contributed by atoms with Crippen LogP contribution in [0.2, 0.25) is 5.02 Å². The van der Waals surface area contributed by atoms with Crippen LogP contribution in [-0.2, 0) is 13.0 Å². The molecule has 1 aliphatic rings. The molecule has 2 aromatic carbocycles. The maximum atomic E-state index is 12.5. The molecule has 130 valence electrons. The zero-order valence-electron chi connectivity index (χ0n) is 14.2. The largest absolute Gasteiger partial charge is 0.366 e. The van der Waals surface area contributed by atoms with Crippen molar-refractivity contribution in [3.05, 3.63) is 88.7 Å². The van der Waals surface area contributed by atoms with E-state index >= 15 is 0 Å². The molecule has 5 heteroatoms. The van der Waals surface area contributed by atoms with E-state index in [1.165, 1.54) is 11.1 Å². The van der Waals surface area contributed by atoms with Crippen molar-refractivity contribution in [2.45, 2.75) is 13.0 Å². The molecule has 0 radical (unpaired) electrons. The molecule has 0 saturated heterocycles. The third-order valence-corrected chi connectivity index (χ3v) is 4.84. The van der Waals surface area contributed by atoms with Crippen molar-refractivity contribution in [3.8, 4) is 0 Å². The van der Waals surface area contributed by atoms with Gasteiger partial charge < -0.3 is 10.2 Å². The standard InChI is InChI=1S/C21H18ClN3O/c22-18-5-7-19(8-6-18)24-21(26)17-11-20(13-23-12-17)25-10-9-15-3-1-2-4-16(15)14-25/h1-8,11-13H,9-10,14H2,(H,24,26). The van der Waals surface area contributed by atoms with Gasteiger partial charge in [-0.3, -0.25) is 9.78 Å². The highest BCUT2D eigenvalue weighted by Gasteiger charge is 2.17. The van der Waals surface area contributed by atoms with Gasteiger partial charge in [-0.2, -0.15) is 0 Å². The number of hydrogen-bond donors (Lipinski definition) is 1. The zero-order chi connectivity index (χ0) is 17.9. The summed E-state index contributed by atoms with van der Waals surface area (Å²) in [6, 6.07) is 17.4. The topological polar surface area (TPSA) is 45.2 Å². The normalized spacial score (nSPS) is 13.2. The lowest BCUT2D eigenvalue weighted by molar-refractivity contribution is 0.102. The lowest BCUT2D eigenvalue weighted by atomic mass is 9.99. The van der Waals surface area contributed by atoms with Gasteiger partial charge in [0.05, 0.1) is 17.4 Å². The van der Waals surface area contributed by atoms with E-state index in [1.807, 2.05) is 12.3 Å². The summed E-state index contributed by atoms with van der Waals surface area (Å²) >= 11 is 5.88.